The van der Waals surface area contributed by atoms with Gasteiger partial charge in [-0.1, -0.05) is 109 Å². The summed E-state index contributed by atoms with van der Waals surface area (Å²) in [4.78, 5) is 61.0. The number of aliphatic hydroxyl groups is 1. The van der Waals surface area contributed by atoms with E-state index in [-0.39, 0.29) is 44.2 Å². The van der Waals surface area contributed by atoms with Gasteiger partial charge in [-0.15, -0.1) is 11.3 Å². The first-order chi connectivity index (χ1) is 33.9. The van der Waals surface area contributed by atoms with E-state index in [0.717, 1.165) is 32.8 Å². The van der Waals surface area contributed by atoms with Crippen LogP contribution in [0.4, 0.5) is 0 Å². The number of rotatable bonds is 17. The number of β-amino-alcohol motifs (C(OH)–C–C–N with tert-alkyl or cyclic N) is 1. The van der Waals surface area contributed by atoms with Crippen LogP contribution in [0.5, 0.6) is 11.5 Å². The molecule has 1 aliphatic heterocycles. The van der Waals surface area contributed by atoms with E-state index in [2.05, 4.69) is 20.9 Å². The Labute approximate surface area is 430 Å². The number of ether oxygens (including phenoxy) is 2. The Morgan fingerprint density at radius 2 is 1.54 bits per heavy atom. The Hall–Kier alpha value is -6.32. The number of hydrogen-bond donors (Lipinski definition) is 4. The molecule has 1 aromatic heterocycles. The third-order valence-corrected chi connectivity index (χ3v) is 16.3. The third kappa shape index (κ3) is 12.1. The number of aromatic nitrogens is 1. The number of aliphatic hydroxyl groups excluding tert-OH is 1. The van der Waals surface area contributed by atoms with Gasteiger partial charge in [0.05, 0.1) is 38.5 Å². The minimum Gasteiger partial charge on any atom is -0.493 e. The van der Waals surface area contributed by atoms with Crippen molar-refractivity contribution >= 4 is 56.4 Å². The predicted octanol–water partition coefficient (Wildman–Crippen LogP) is 7.53. The highest BCUT2D eigenvalue weighted by atomic mass is 35.5. The van der Waals surface area contributed by atoms with Crippen LogP contribution in [0.25, 0.3) is 21.6 Å². The minimum absolute atomic E-state index is 0.00854. The molecule has 18 heteroatoms. The SMILES string of the molecule is Cc1ncsc1-c1ccc(CNC(=O)[C@@H]2C[C@@H](O)CN2C(=O)[C@@H](NC(=O)CS(=O)(=O)CCOc2ccc(-c3ccc(C(=O)NC4C(C)(C)C(Oc5ccc(C#N)c(Cl)c5)C4(C)C)cc3)cc2)C(C)(C)C)cc1. The van der Waals surface area contributed by atoms with Crippen LogP contribution >= 0.6 is 22.9 Å². The average Bonchev–Trinajstić information content (AvgIpc) is 3.95. The number of nitrogens with one attached hydrogen (secondary N) is 3. The first kappa shape index (κ1) is 53.5. The van der Waals surface area contributed by atoms with Gasteiger partial charge in [-0.3, -0.25) is 19.2 Å². The summed E-state index contributed by atoms with van der Waals surface area (Å²) in [6, 6.07) is 26.6. The zero-order chi connectivity index (χ0) is 52.3. The van der Waals surface area contributed by atoms with Crippen LogP contribution in [0.15, 0.2) is 96.5 Å². The molecule has 3 atom stereocenters. The number of thiazole rings is 1. The Morgan fingerprint density at radius 3 is 2.12 bits per heavy atom. The van der Waals surface area contributed by atoms with Gasteiger partial charge in [0.1, 0.15) is 48.1 Å². The summed E-state index contributed by atoms with van der Waals surface area (Å²) in [6.45, 7) is 15.1. The van der Waals surface area contributed by atoms with Crippen molar-refractivity contribution in [2.45, 2.75) is 98.7 Å². The monoisotopic (exact) mass is 1040 g/mol. The molecule has 1 saturated heterocycles. The fraction of sp³-hybridized carbons (Fsp3) is 0.407. The van der Waals surface area contributed by atoms with Gasteiger partial charge in [0.2, 0.25) is 17.7 Å². The molecule has 2 aliphatic rings. The van der Waals surface area contributed by atoms with Crippen LogP contribution in [0.1, 0.15) is 82.1 Å². The Bertz CT molecular complexity index is 2950. The maximum Gasteiger partial charge on any atom is 0.251 e. The van der Waals surface area contributed by atoms with Gasteiger partial charge >= 0.3 is 0 Å². The molecule has 4 amide bonds. The molecule has 0 spiro atoms. The summed E-state index contributed by atoms with van der Waals surface area (Å²) in [7, 11) is -3.99. The van der Waals surface area contributed by atoms with Crippen molar-refractivity contribution in [2.24, 2.45) is 16.2 Å². The number of benzene rings is 4. The molecule has 380 valence electrons. The van der Waals surface area contributed by atoms with E-state index in [4.69, 9.17) is 21.1 Å². The zero-order valence-electron chi connectivity index (χ0n) is 41.6. The van der Waals surface area contributed by atoms with Crippen molar-refractivity contribution in [1.29, 1.82) is 5.26 Å². The summed E-state index contributed by atoms with van der Waals surface area (Å²) >= 11 is 7.79. The number of nitriles is 1. The maximum atomic E-state index is 14.1. The molecule has 0 radical (unpaired) electrons. The van der Waals surface area contributed by atoms with Gasteiger partial charge in [0.15, 0.2) is 9.84 Å². The van der Waals surface area contributed by atoms with Crippen molar-refractivity contribution in [3.63, 3.8) is 0 Å². The van der Waals surface area contributed by atoms with Crippen LogP contribution in [-0.2, 0) is 30.8 Å². The van der Waals surface area contributed by atoms with E-state index in [1.807, 2.05) is 89.2 Å². The van der Waals surface area contributed by atoms with Crippen LogP contribution in [0, 0.1) is 34.5 Å². The number of hydrogen-bond acceptors (Lipinski definition) is 12. The van der Waals surface area contributed by atoms with Crippen LogP contribution in [0.3, 0.4) is 0 Å². The lowest BCUT2D eigenvalue weighted by Crippen LogP contribution is -2.74. The molecule has 72 heavy (non-hydrogen) atoms. The van der Waals surface area contributed by atoms with E-state index >= 15 is 0 Å². The maximum absolute atomic E-state index is 14.1. The van der Waals surface area contributed by atoms with E-state index in [1.54, 1.807) is 80.1 Å². The fourth-order valence-electron chi connectivity index (χ4n) is 9.91. The molecule has 0 bridgehead atoms. The molecule has 1 saturated carbocycles. The lowest BCUT2D eigenvalue weighted by molar-refractivity contribution is -0.164. The van der Waals surface area contributed by atoms with Gasteiger partial charge in [0.25, 0.3) is 5.91 Å². The summed E-state index contributed by atoms with van der Waals surface area (Å²) in [5.41, 5.74) is 5.38. The predicted molar refractivity (Wildman–Crippen MR) is 277 cm³/mol. The van der Waals surface area contributed by atoms with Crippen molar-refractivity contribution in [1.82, 2.24) is 25.8 Å². The molecule has 0 unspecified atom stereocenters. The second-order valence-electron chi connectivity index (χ2n) is 20.8. The minimum atomic E-state index is -3.99. The van der Waals surface area contributed by atoms with Crippen LogP contribution in [0.2, 0.25) is 5.02 Å². The topological polar surface area (TPSA) is 217 Å². The average molecular weight is 1040 g/mol. The highest BCUT2D eigenvalue weighted by Crippen LogP contribution is 2.55. The Morgan fingerprint density at radius 1 is 0.931 bits per heavy atom. The molecule has 4 N–H and O–H groups in total. The van der Waals surface area contributed by atoms with Crippen molar-refractivity contribution in [3.8, 4) is 39.1 Å². The van der Waals surface area contributed by atoms with Gasteiger partial charge < -0.3 is 35.4 Å². The van der Waals surface area contributed by atoms with E-state index < -0.39 is 73.5 Å². The molecule has 7 rings (SSSR count). The van der Waals surface area contributed by atoms with Crippen molar-refractivity contribution in [2.75, 3.05) is 24.7 Å². The van der Waals surface area contributed by atoms with Gasteiger partial charge in [-0.05, 0) is 71.0 Å². The third-order valence-electron chi connectivity index (χ3n) is 13.5. The molecular formula is C54H61ClN6O9S2. The highest BCUT2D eigenvalue weighted by molar-refractivity contribution is 7.92. The molecule has 15 nitrogen and oxygen atoms in total. The van der Waals surface area contributed by atoms with Crippen LogP contribution < -0.4 is 25.4 Å². The number of carbonyl (C=O) groups is 4. The largest absolute Gasteiger partial charge is 0.493 e. The first-order valence-electron chi connectivity index (χ1n) is 23.6. The van der Waals surface area contributed by atoms with Crippen molar-refractivity contribution in [3.05, 3.63) is 124 Å². The van der Waals surface area contributed by atoms with E-state index in [9.17, 15) is 38.0 Å². The molecule has 1 aliphatic carbocycles. The smallest absolute Gasteiger partial charge is 0.251 e. The lowest BCUT2D eigenvalue weighted by atomic mass is 9.49. The Balaban J connectivity index is 0.872. The Kier molecular flexibility index (Phi) is 15.9. The standard InChI is InChI=1S/C54H61ClN6O9S2/c1-32-45(71-31-58-32)36-11-9-33(10-12-36)28-57-48(65)43-25-39(62)29-61(43)49(66)46(52(2,3)4)59-44(63)30-72(67,68)24-23-69-40-20-17-35(18-21-40)34-13-15-37(16-14-34)47(64)60-50-53(5,6)51(54(50,7)8)70-41-22-19-38(27-56)42(55)26-41/h9-22,26,31,39,43,46,50-51,62H,23-25,28-30H2,1-8H3,(H,57,65)(H,59,63)(H,60,64)/t39-,43+,46-,50?,51?/m1/s1. The van der Waals surface area contributed by atoms with Gasteiger partial charge in [-0.25, -0.2) is 13.4 Å². The highest BCUT2D eigenvalue weighted by Gasteiger charge is 2.64. The number of aryl methyl sites for hydroxylation is 1. The zero-order valence-corrected chi connectivity index (χ0v) is 44.0. The first-order valence-corrected chi connectivity index (χ1v) is 26.7. The number of likely N-dealkylation sites (tertiary alicyclic amines) is 1. The molecule has 2 heterocycles. The van der Waals surface area contributed by atoms with Crippen molar-refractivity contribution < 1.29 is 42.2 Å². The fourth-order valence-corrected chi connectivity index (χ4v) is 11.9. The molecule has 5 aromatic rings. The normalized spacial score (nSPS) is 19.5. The molecule has 4 aromatic carbocycles. The molecular weight excluding hydrogens is 976 g/mol. The second kappa shape index (κ2) is 21.4. The quantitative estimate of drug-likeness (QED) is 0.0714. The van der Waals surface area contributed by atoms with Gasteiger partial charge in [0, 0.05) is 48.0 Å². The summed E-state index contributed by atoms with van der Waals surface area (Å²) < 4.78 is 38.4. The molecule has 2 fully saturated rings. The number of nitrogens with zero attached hydrogens (tertiary/aromatic N) is 3. The number of sulfone groups is 1. The lowest BCUT2D eigenvalue weighted by Gasteiger charge is -2.63. The summed E-state index contributed by atoms with van der Waals surface area (Å²) in [5.74, 6) is -2.56. The summed E-state index contributed by atoms with van der Waals surface area (Å²) in [6.07, 6.45) is -1.20. The second-order valence-corrected chi connectivity index (χ2v) is 24.2. The van der Waals surface area contributed by atoms with E-state index in [0.29, 0.717) is 27.6 Å². The van der Waals surface area contributed by atoms with Gasteiger partial charge in [-0.2, -0.15) is 5.26 Å². The van der Waals surface area contributed by atoms with Crippen LogP contribution in [-0.4, -0.2) is 102 Å². The summed E-state index contributed by atoms with van der Waals surface area (Å²) in [5, 5.41) is 28.8. The number of amides is 4. The number of halogens is 1. The van der Waals surface area contributed by atoms with E-state index in [1.165, 1.54) is 4.90 Å². The number of carbonyl (C=O) groups excluding carboxylic acids is 4.